The fraction of sp³-hybridized carbons (Fsp3) is 0. The molecule has 1 heterocycles. The molecule has 0 spiro atoms. The highest BCUT2D eigenvalue weighted by atomic mass is 32.2. The van der Waals surface area contributed by atoms with Gasteiger partial charge >= 0.3 is 0 Å². The van der Waals surface area contributed by atoms with E-state index in [-0.39, 0.29) is 0 Å². The Morgan fingerprint density at radius 2 is 2.71 bits per heavy atom. The van der Waals surface area contributed by atoms with Crippen LogP contribution in [0.15, 0.2) is 11.6 Å². The first-order valence-corrected chi connectivity index (χ1v) is 2.59. The van der Waals surface area contributed by atoms with Crippen molar-refractivity contribution in [2.24, 2.45) is 0 Å². The Balaban J connectivity index is 2.35. The highest BCUT2D eigenvalue weighted by Gasteiger charge is 1.99. The van der Waals surface area contributed by atoms with E-state index in [9.17, 15) is 4.79 Å². The van der Waals surface area contributed by atoms with Crippen molar-refractivity contribution in [2.45, 2.75) is 0 Å². The summed E-state index contributed by atoms with van der Waals surface area (Å²) in [5.74, 6) is 0. The molecule has 1 aliphatic heterocycles. The molecule has 0 saturated heterocycles. The van der Waals surface area contributed by atoms with E-state index in [0.717, 1.165) is 0 Å². The van der Waals surface area contributed by atoms with E-state index in [2.05, 4.69) is 5.43 Å². The van der Waals surface area contributed by atoms with E-state index in [1.807, 2.05) is 0 Å². The number of hydrogen-bond donors (Lipinski definition) is 1. The van der Waals surface area contributed by atoms with Crippen LogP contribution >= 0.6 is 11.9 Å². The maximum absolute atomic E-state index is 9.81. The molecule has 0 saturated carbocycles. The number of hydrogen-bond acceptors (Lipinski definition) is 3. The molecule has 0 fully saturated rings. The third-order valence-corrected chi connectivity index (χ3v) is 1.22. The van der Waals surface area contributed by atoms with Gasteiger partial charge in [0.25, 0.3) is 0 Å². The lowest BCUT2D eigenvalue weighted by atomic mass is 11.1. The molecule has 0 radical (unpaired) electrons. The summed E-state index contributed by atoms with van der Waals surface area (Å²) in [6.07, 6.45) is 2.41. The van der Waals surface area contributed by atoms with Crippen LogP contribution in [0, 0.1) is 0 Å². The summed E-state index contributed by atoms with van der Waals surface area (Å²) in [5, 5.41) is 1.79. The second-order valence-corrected chi connectivity index (χ2v) is 1.84. The van der Waals surface area contributed by atoms with E-state index in [1.165, 1.54) is 16.4 Å². The molecule has 0 atom stereocenters. The molecule has 1 N–H and O–H groups in total. The van der Waals surface area contributed by atoms with E-state index in [4.69, 9.17) is 0 Å². The van der Waals surface area contributed by atoms with Gasteiger partial charge in [-0.15, -0.1) is 0 Å². The van der Waals surface area contributed by atoms with Gasteiger partial charge in [0.2, 0.25) is 6.41 Å². The van der Waals surface area contributed by atoms with Gasteiger partial charge in [-0.1, -0.05) is 0 Å². The van der Waals surface area contributed by atoms with Gasteiger partial charge in [0, 0.05) is 23.6 Å². The lowest BCUT2D eigenvalue weighted by Gasteiger charge is -2.03. The van der Waals surface area contributed by atoms with Gasteiger partial charge in [-0.05, 0) is 0 Å². The van der Waals surface area contributed by atoms with Crippen LogP contribution in [-0.2, 0) is 4.79 Å². The fourth-order valence-electron chi connectivity index (χ4n) is 0.286. The maximum atomic E-state index is 9.81. The second-order valence-electron chi connectivity index (χ2n) is 0.968. The maximum Gasteiger partial charge on any atom is 0.238 e. The van der Waals surface area contributed by atoms with Crippen LogP contribution in [0.2, 0.25) is 0 Å². The first-order valence-electron chi connectivity index (χ1n) is 1.76. The predicted molar refractivity (Wildman–Crippen MR) is 27.8 cm³/mol. The summed E-state index contributed by atoms with van der Waals surface area (Å²) in [6, 6.07) is 0. The minimum absolute atomic E-state index is 0.713. The molecule has 0 aromatic carbocycles. The van der Waals surface area contributed by atoms with E-state index in [0.29, 0.717) is 6.41 Å². The Bertz CT molecular complexity index is 95.1. The zero-order valence-corrected chi connectivity index (χ0v) is 4.31. The molecule has 1 amide bonds. The molecule has 1 aliphatic rings. The van der Waals surface area contributed by atoms with E-state index >= 15 is 0 Å². The van der Waals surface area contributed by atoms with Gasteiger partial charge in [-0.2, -0.15) is 4.41 Å². The van der Waals surface area contributed by atoms with E-state index < -0.39 is 0 Å². The SMILES string of the molecule is O=CN1NC=CS1. The summed E-state index contributed by atoms with van der Waals surface area (Å²) in [6.45, 7) is 0. The smallest absolute Gasteiger partial charge is 0.238 e. The average Bonchev–Trinajstić information content (AvgIpc) is 2.14. The number of nitrogens with zero attached hydrogens (tertiary/aromatic N) is 1. The van der Waals surface area contributed by atoms with Gasteiger partial charge in [0.15, 0.2) is 0 Å². The number of carbonyl (C=O) groups excluding carboxylic acids is 1. The highest BCUT2D eigenvalue weighted by Crippen LogP contribution is 2.09. The molecule has 3 nitrogen and oxygen atoms in total. The largest absolute Gasteiger partial charge is 0.292 e. The minimum atomic E-state index is 0.713. The fourth-order valence-corrected chi connectivity index (χ4v) is 0.710. The predicted octanol–water partition coefficient (Wildman–Crippen LogP) is 0.0824. The van der Waals surface area contributed by atoms with Crippen LogP contribution in [0.4, 0.5) is 0 Å². The summed E-state index contributed by atoms with van der Waals surface area (Å²) >= 11 is 1.32. The third-order valence-electron chi connectivity index (χ3n) is 0.540. The number of rotatable bonds is 1. The van der Waals surface area contributed by atoms with Crippen molar-refractivity contribution < 1.29 is 4.79 Å². The van der Waals surface area contributed by atoms with Crippen molar-refractivity contribution in [3.63, 3.8) is 0 Å². The van der Waals surface area contributed by atoms with Gasteiger partial charge < -0.3 is 0 Å². The Morgan fingerprint density at radius 1 is 1.86 bits per heavy atom. The Morgan fingerprint density at radius 3 is 3.00 bits per heavy atom. The van der Waals surface area contributed by atoms with Crippen LogP contribution in [0.25, 0.3) is 0 Å². The van der Waals surface area contributed by atoms with Crippen molar-refractivity contribution in [2.75, 3.05) is 0 Å². The molecule has 7 heavy (non-hydrogen) atoms. The quantitative estimate of drug-likeness (QED) is 0.389. The molecule has 0 aromatic heterocycles. The van der Waals surface area contributed by atoms with Gasteiger partial charge in [0.05, 0.1) is 0 Å². The van der Waals surface area contributed by atoms with Crippen LogP contribution in [0.5, 0.6) is 0 Å². The summed E-state index contributed by atoms with van der Waals surface area (Å²) in [5.41, 5.74) is 2.65. The number of amides is 1. The van der Waals surface area contributed by atoms with Gasteiger partial charge in [-0.25, -0.2) is 0 Å². The Kier molecular flexibility index (Phi) is 1.21. The van der Waals surface area contributed by atoms with Crippen LogP contribution in [0.1, 0.15) is 0 Å². The van der Waals surface area contributed by atoms with Gasteiger partial charge in [0.1, 0.15) is 0 Å². The number of carbonyl (C=O) groups is 1. The minimum Gasteiger partial charge on any atom is -0.292 e. The van der Waals surface area contributed by atoms with Crippen molar-refractivity contribution in [1.29, 1.82) is 0 Å². The standard InChI is InChI=1S/C3H4N2OS/c6-3-5-4-1-2-7-5/h1-4H. The van der Waals surface area contributed by atoms with Crippen LogP contribution in [0.3, 0.4) is 0 Å². The Hall–Kier alpha value is -0.640. The first-order chi connectivity index (χ1) is 3.43. The molecule has 0 aliphatic carbocycles. The van der Waals surface area contributed by atoms with Gasteiger partial charge in [-0.3, -0.25) is 10.2 Å². The van der Waals surface area contributed by atoms with Crippen molar-refractivity contribution in [1.82, 2.24) is 9.84 Å². The van der Waals surface area contributed by atoms with E-state index in [1.54, 1.807) is 11.6 Å². The number of nitrogens with one attached hydrogen (secondary N) is 1. The summed E-state index contributed by atoms with van der Waals surface area (Å²) < 4.78 is 1.36. The van der Waals surface area contributed by atoms with Crippen LogP contribution < -0.4 is 5.43 Å². The molecule has 4 heteroatoms. The van der Waals surface area contributed by atoms with Crippen LogP contribution in [-0.4, -0.2) is 10.8 Å². The molecule has 0 unspecified atom stereocenters. The monoisotopic (exact) mass is 116 g/mol. The topological polar surface area (TPSA) is 32.3 Å². The summed E-state index contributed by atoms with van der Waals surface area (Å²) in [4.78, 5) is 9.81. The average molecular weight is 116 g/mol. The first kappa shape index (κ1) is 4.52. The normalized spacial score (nSPS) is 16.9. The zero-order chi connectivity index (χ0) is 5.11. The molecule has 38 valence electrons. The molecule has 0 bridgehead atoms. The Labute approximate surface area is 45.5 Å². The second kappa shape index (κ2) is 1.88. The van der Waals surface area contributed by atoms with Crippen molar-refractivity contribution >= 4 is 18.4 Å². The summed E-state index contributed by atoms with van der Waals surface area (Å²) in [7, 11) is 0. The lowest BCUT2D eigenvalue weighted by Crippen LogP contribution is -2.20. The highest BCUT2D eigenvalue weighted by molar-refractivity contribution is 8.00. The zero-order valence-electron chi connectivity index (χ0n) is 3.50. The third kappa shape index (κ3) is 0.866. The molecular weight excluding hydrogens is 112 g/mol. The van der Waals surface area contributed by atoms with Crippen molar-refractivity contribution in [3.05, 3.63) is 11.6 Å². The molecule has 0 aromatic rings. The molecule has 1 rings (SSSR count). The number of hydrazine groups is 1. The lowest BCUT2D eigenvalue weighted by molar-refractivity contribution is -0.114. The van der Waals surface area contributed by atoms with Crippen molar-refractivity contribution in [3.8, 4) is 0 Å². The molecular formula is C3H4N2OS.